The van der Waals surface area contributed by atoms with Gasteiger partial charge in [0.1, 0.15) is 0 Å². The average molecular weight is 505 g/mol. The second-order valence-corrected chi connectivity index (χ2v) is 12.3. The largest absolute Gasteiger partial charge is 0.417 e. The molecule has 4 nitrogen and oxygen atoms in total. The van der Waals surface area contributed by atoms with Gasteiger partial charge in [0.25, 0.3) is 10.0 Å². The van der Waals surface area contributed by atoms with E-state index >= 15 is 0 Å². The predicted octanol–water partition coefficient (Wildman–Crippen LogP) is 7.45. The minimum atomic E-state index is -4.47. The maximum absolute atomic E-state index is 13.7. The third-order valence-electron chi connectivity index (χ3n) is 6.43. The molecule has 0 unspecified atom stereocenters. The Morgan fingerprint density at radius 2 is 1.77 bits per heavy atom. The number of alkyl halides is 3. The van der Waals surface area contributed by atoms with Crippen molar-refractivity contribution in [1.29, 1.82) is 0 Å². The lowest BCUT2D eigenvalue weighted by Crippen LogP contribution is -2.27. The van der Waals surface area contributed by atoms with Gasteiger partial charge in [-0.1, -0.05) is 64.4 Å². The number of fused-ring (bicyclic) bond motifs is 1. The van der Waals surface area contributed by atoms with Gasteiger partial charge in [-0.2, -0.15) is 17.6 Å². The Morgan fingerprint density at radius 3 is 2.34 bits per heavy atom. The molecule has 35 heavy (non-hydrogen) atoms. The van der Waals surface area contributed by atoms with E-state index in [4.69, 9.17) is 0 Å². The third kappa shape index (κ3) is 5.32. The summed E-state index contributed by atoms with van der Waals surface area (Å²) in [4.78, 5) is 0. The minimum Gasteiger partial charge on any atom is -0.346 e. The summed E-state index contributed by atoms with van der Waals surface area (Å²) < 4.78 is 72.9. The molecule has 0 bridgehead atoms. The molecule has 0 N–H and O–H groups in total. The molecule has 1 aromatic heterocycles. The van der Waals surface area contributed by atoms with Gasteiger partial charge in [0.2, 0.25) is 0 Å². The number of hydrogen-bond donors (Lipinski definition) is 0. The Labute approximate surface area is 204 Å². The van der Waals surface area contributed by atoms with Crippen molar-refractivity contribution in [3.8, 4) is 11.1 Å². The van der Waals surface area contributed by atoms with E-state index in [0.717, 1.165) is 23.4 Å². The highest BCUT2D eigenvalue weighted by molar-refractivity contribution is 7.91. The van der Waals surface area contributed by atoms with E-state index in [2.05, 4.69) is 25.2 Å². The van der Waals surface area contributed by atoms with Crippen LogP contribution < -0.4 is 0 Å². The first-order valence-corrected chi connectivity index (χ1v) is 13.4. The summed E-state index contributed by atoms with van der Waals surface area (Å²) in [6.07, 6.45) is 0.0242. The van der Waals surface area contributed by atoms with Crippen molar-refractivity contribution in [3.63, 3.8) is 0 Å². The maximum atomic E-state index is 13.7. The summed E-state index contributed by atoms with van der Waals surface area (Å²) in [5, 5.41) is 0.365. The summed E-state index contributed by atoms with van der Waals surface area (Å²) in [6.45, 7) is 8.72. The summed E-state index contributed by atoms with van der Waals surface area (Å²) in [5.41, 5.74) is 1.74. The van der Waals surface area contributed by atoms with E-state index < -0.39 is 27.0 Å². The van der Waals surface area contributed by atoms with Crippen LogP contribution in [0.1, 0.15) is 64.5 Å². The molecule has 1 saturated carbocycles. The zero-order chi connectivity index (χ0) is 25.6. The van der Waals surface area contributed by atoms with Gasteiger partial charge in [0.05, 0.1) is 16.5 Å². The molecule has 1 fully saturated rings. The fourth-order valence-electron chi connectivity index (χ4n) is 4.51. The highest BCUT2D eigenvalue weighted by atomic mass is 32.2. The van der Waals surface area contributed by atoms with Gasteiger partial charge in [-0.25, -0.2) is 8.42 Å². The zero-order valence-electron chi connectivity index (χ0n) is 20.5. The van der Waals surface area contributed by atoms with Crippen LogP contribution in [-0.2, 0) is 22.7 Å². The Hall–Kier alpha value is -2.61. The minimum absolute atomic E-state index is 0.107. The Morgan fingerprint density at radius 1 is 1.09 bits per heavy atom. The smallest absolute Gasteiger partial charge is 0.346 e. The second-order valence-electron chi connectivity index (χ2n) is 10.5. The van der Waals surface area contributed by atoms with Crippen molar-refractivity contribution >= 4 is 26.6 Å². The second kappa shape index (κ2) is 9.12. The van der Waals surface area contributed by atoms with E-state index in [1.165, 1.54) is 12.1 Å². The van der Waals surface area contributed by atoms with Gasteiger partial charge >= 0.3 is 6.18 Å². The summed E-state index contributed by atoms with van der Waals surface area (Å²) in [7, 11) is -3.60. The van der Waals surface area contributed by atoms with E-state index in [-0.39, 0.29) is 11.0 Å². The highest BCUT2D eigenvalue weighted by Gasteiger charge is 2.34. The number of hydrogen-bond acceptors (Lipinski definition) is 2. The number of rotatable bonds is 6. The van der Waals surface area contributed by atoms with Crippen LogP contribution in [0.3, 0.4) is 0 Å². The molecule has 1 aliphatic rings. The Bertz CT molecular complexity index is 1380. The van der Waals surface area contributed by atoms with Crippen LogP contribution in [0.2, 0.25) is 0 Å². The molecule has 0 spiro atoms. The van der Waals surface area contributed by atoms with Gasteiger partial charge in [-0.15, -0.1) is 0 Å². The van der Waals surface area contributed by atoms with Gasteiger partial charge in [-0.3, -0.25) is 0 Å². The topological polar surface area (TPSA) is 51.4 Å². The molecule has 4 rings (SSSR count). The first-order chi connectivity index (χ1) is 16.3. The number of nitrogens with zero attached hydrogens (tertiary/aromatic N) is 2. The fraction of sp³-hybridized carbons (Fsp3) is 0.444. The lowest BCUT2D eigenvalue weighted by Gasteiger charge is -2.23. The number of benzene rings is 2. The Kier molecular flexibility index (Phi) is 6.64. The van der Waals surface area contributed by atoms with Crippen LogP contribution in [0.5, 0.6) is 0 Å². The number of sulfonamides is 1. The SMILES string of the molecule is CC/C(=N\S(=O)(=O)C1CCC1)c1cn(CC(C)(C)C)c2cc(-c3ccccc3C(F)(F)F)ccc12. The van der Waals surface area contributed by atoms with E-state index in [0.29, 0.717) is 42.6 Å². The van der Waals surface area contributed by atoms with Crippen molar-refractivity contribution in [2.45, 2.75) is 71.3 Å². The third-order valence-corrected chi connectivity index (χ3v) is 8.22. The maximum Gasteiger partial charge on any atom is 0.417 e. The van der Waals surface area contributed by atoms with Crippen molar-refractivity contribution in [2.24, 2.45) is 9.81 Å². The van der Waals surface area contributed by atoms with Crippen LogP contribution in [0, 0.1) is 5.41 Å². The monoisotopic (exact) mass is 504 g/mol. The first kappa shape index (κ1) is 25.5. The quantitative estimate of drug-likeness (QED) is 0.327. The van der Waals surface area contributed by atoms with Gasteiger partial charge in [0.15, 0.2) is 0 Å². The van der Waals surface area contributed by atoms with Crippen molar-refractivity contribution in [1.82, 2.24) is 4.57 Å². The molecule has 0 radical (unpaired) electrons. The summed E-state index contributed by atoms with van der Waals surface area (Å²) in [5.74, 6) is 0. The van der Waals surface area contributed by atoms with E-state index in [1.807, 2.05) is 17.7 Å². The average Bonchev–Trinajstić information content (AvgIpc) is 3.05. The molecule has 188 valence electrons. The molecule has 3 aromatic rings. The highest BCUT2D eigenvalue weighted by Crippen LogP contribution is 2.39. The number of aromatic nitrogens is 1. The van der Waals surface area contributed by atoms with Crippen LogP contribution in [0.4, 0.5) is 13.2 Å². The van der Waals surface area contributed by atoms with Crippen molar-refractivity contribution in [2.75, 3.05) is 0 Å². The van der Waals surface area contributed by atoms with Crippen LogP contribution >= 0.6 is 0 Å². The standard InChI is InChI=1S/C27H31F3N2O2S/c1-5-24(31-35(33,34)19-9-8-10-19)22-16-32(17-26(2,3)4)25-15-18(13-14-21(22)25)20-11-6-7-12-23(20)27(28,29)30/h6-7,11-16,19H,5,8-10,17H2,1-4H3/b31-24+. The predicted molar refractivity (Wildman–Crippen MR) is 135 cm³/mol. The molecule has 2 aromatic carbocycles. The van der Waals surface area contributed by atoms with E-state index in [9.17, 15) is 21.6 Å². The lowest BCUT2D eigenvalue weighted by atomic mass is 9.96. The lowest BCUT2D eigenvalue weighted by molar-refractivity contribution is -0.137. The molecule has 0 saturated heterocycles. The fourth-order valence-corrected chi connectivity index (χ4v) is 6.13. The van der Waals surface area contributed by atoms with Crippen LogP contribution in [-0.4, -0.2) is 23.9 Å². The van der Waals surface area contributed by atoms with Gasteiger partial charge in [0, 0.05) is 29.2 Å². The molecular weight excluding hydrogens is 473 g/mol. The summed E-state index contributed by atoms with van der Waals surface area (Å²) >= 11 is 0. The van der Waals surface area contributed by atoms with Gasteiger partial charge in [-0.05, 0) is 47.9 Å². The Balaban J connectivity index is 1.91. The summed E-state index contributed by atoms with van der Waals surface area (Å²) in [6, 6.07) is 10.8. The molecule has 0 amide bonds. The molecular formula is C27H31F3N2O2S. The van der Waals surface area contributed by atoms with Crippen molar-refractivity contribution < 1.29 is 21.6 Å². The van der Waals surface area contributed by atoms with Crippen LogP contribution in [0.15, 0.2) is 53.1 Å². The molecule has 1 aliphatic carbocycles. The first-order valence-electron chi connectivity index (χ1n) is 11.9. The van der Waals surface area contributed by atoms with Gasteiger partial charge < -0.3 is 4.57 Å². The van der Waals surface area contributed by atoms with E-state index in [1.54, 1.807) is 24.3 Å². The molecule has 0 atom stereocenters. The number of halogens is 3. The molecule has 1 heterocycles. The van der Waals surface area contributed by atoms with Crippen LogP contribution in [0.25, 0.3) is 22.0 Å². The molecule has 0 aliphatic heterocycles. The zero-order valence-corrected chi connectivity index (χ0v) is 21.3. The molecule has 8 heteroatoms. The van der Waals surface area contributed by atoms with Crippen molar-refractivity contribution in [3.05, 3.63) is 59.8 Å². The normalized spacial score (nSPS) is 16.0.